The number of carbonyl (C=O) groups is 2. The molecule has 0 spiro atoms. The molecule has 3 rings (SSSR count). The summed E-state index contributed by atoms with van der Waals surface area (Å²) in [4.78, 5) is 22.8. The average Bonchev–Trinajstić information content (AvgIpc) is 2.77. The standard InChI is InChI=1S/C16H12FNO3/c17-11-3-1-10(2-4-11)7-8-21-12-5-6-14-13(9-12)15(19)16(20)18-14/h1-6,9H,7-8H2,(H,18,19,20). The molecule has 106 valence electrons. The number of carbonyl (C=O) groups excluding carboxylic acids is 2. The van der Waals surface area contributed by atoms with Gasteiger partial charge >= 0.3 is 0 Å². The second-order valence-corrected chi connectivity index (χ2v) is 4.72. The predicted molar refractivity (Wildman–Crippen MR) is 75.0 cm³/mol. The van der Waals surface area contributed by atoms with E-state index < -0.39 is 11.7 Å². The van der Waals surface area contributed by atoms with E-state index in [9.17, 15) is 14.0 Å². The molecule has 0 aromatic heterocycles. The number of rotatable bonds is 4. The molecule has 0 unspecified atom stereocenters. The van der Waals surface area contributed by atoms with Crippen molar-refractivity contribution in [3.05, 3.63) is 59.4 Å². The molecule has 5 heteroatoms. The molecule has 0 radical (unpaired) electrons. The van der Waals surface area contributed by atoms with Gasteiger partial charge in [0.2, 0.25) is 0 Å². The Morgan fingerprint density at radius 1 is 1.05 bits per heavy atom. The highest BCUT2D eigenvalue weighted by molar-refractivity contribution is 6.51. The van der Waals surface area contributed by atoms with Crippen LogP contribution >= 0.6 is 0 Å². The summed E-state index contributed by atoms with van der Waals surface area (Å²) in [7, 11) is 0. The van der Waals surface area contributed by atoms with Crippen LogP contribution in [-0.2, 0) is 11.2 Å². The van der Waals surface area contributed by atoms with Crippen molar-refractivity contribution in [1.82, 2.24) is 0 Å². The maximum Gasteiger partial charge on any atom is 0.296 e. The number of ketones is 1. The summed E-state index contributed by atoms with van der Waals surface area (Å²) >= 11 is 0. The van der Waals surface area contributed by atoms with Crippen molar-refractivity contribution in [3.63, 3.8) is 0 Å². The Hall–Kier alpha value is -2.69. The number of ether oxygens (including phenoxy) is 1. The zero-order valence-electron chi connectivity index (χ0n) is 11.1. The maximum atomic E-state index is 12.8. The summed E-state index contributed by atoms with van der Waals surface area (Å²) in [6.45, 7) is 0.403. The highest BCUT2D eigenvalue weighted by Gasteiger charge is 2.28. The lowest BCUT2D eigenvalue weighted by Crippen LogP contribution is -2.12. The first-order chi connectivity index (χ1) is 10.1. The number of halogens is 1. The molecule has 0 bridgehead atoms. The second kappa shape index (κ2) is 5.36. The van der Waals surface area contributed by atoms with E-state index in [4.69, 9.17) is 4.74 Å². The lowest BCUT2D eigenvalue weighted by Gasteiger charge is -2.07. The largest absolute Gasteiger partial charge is 0.493 e. The van der Waals surface area contributed by atoms with Gasteiger partial charge in [0.15, 0.2) is 0 Å². The van der Waals surface area contributed by atoms with Gasteiger partial charge in [-0.15, -0.1) is 0 Å². The normalized spacial score (nSPS) is 13.0. The molecule has 0 saturated carbocycles. The van der Waals surface area contributed by atoms with Crippen LogP contribution in [0.1, 0.15) is 15.9 Å². The summed E-state index contributed by atoms with van der Waals surface area (Å²) in [5, 5.41) is 2.48. The number of hydrogen-bond acceptors (Lipinski definition) is 3. The highest BCUT2D eigenvalue weighted by Crippen LogP contribution is 2.27. The number of fused-ring (bicyclic) bond motifs is 1. The molecule has 4 nitrogen and oxygen atoms in total. The molecule has 0 saturated heterocycles. The van der Waals surface area contributed by atoms with Crippen LogP contribution in [0.2, 0.25) is 0 Å². The Kier molecular flexibility index (Phi) is 3.39. The molecule has 1 aliphatic rings. The molecular formula is C16H12FNO3. The van der Waals surface area contributed by atoms with Crippen LogP contribution in [0.3, 0.4) is 0 Å². The van der Waals surface area contributed by atoms with Crippen molar-refractivity contribution in [2.24, 2.45) is 0 Å². The van der Waals surface area contributed by atoms with E-state index in [-0.39, 0.29) is 5.82 Å². The van der Waals surface area contributed by atoms with Crippen molar-refractivity contribution in [3.8, 4) is 5.75 Å². The topological polar surface area (TPSA) is 55.4 Å². The van der Waals surface area contributed by atoms with E-state index in [2.05, 4.69) is 5.32 Å². The molecule has 1 amide bonds. The van der Waals surface area contributed by atoms with Gasteiger partial charge in [0.25, 0.3) is 11.7 Å². The van der Waals surface area contributed by atoms with E-state index in [0.29, 0.717) is 30.0 Å². The fourth-order valence-corrected chi connectivity index (χ4v) is 2.15. The molecule has 2 aromatic carbocycles. The molecule has 21 heavy (non-hydrogen) atoms. The Balaban J connectivity index is 1.63. The highest BCUT2D eigenvalue weighted by atomic mass is 19.1. The number of hydrogen-bond donors (Lipinski definition) is 1. The van der Waals surface area contributed by atoms with Crippen LogP contribution in [-0.4, -0.2) is 18.3 Å². The van der Waals surface area contributed by atoms with Crippen LogP contribution in [0.15, 0.2) is 42.5 Å². The Morgan fingerprint density at radius 3 is 2.57 bits per heavy atom. The lowest BCUT2D eigenvalue weighted by molar-refractivity contribution is -0.112. The quantitative estimate of drug-likeness (QED) is 0.878. The van der Waals surface area contributed by atoms with E-state index >= 15 is 0 Å². The smallest absolute Gasteiger partial charge is 0.296 e. The first kappa shape index (κ1) is 13.3. The SMILES string of the molecule is O=C1Nc2ccc(OCCc3ccc(F)cc3)cc2C1=O. The first-order valence-electron chi connectivity index (χ1n) is 6.50. The van der Waals surface area contributed by atoms with E-state index in [0.717, 1.165) is 5.56 Å². The molecule has 2 aromatic rings. The third kappa shape index (κ3) is 2.76. The van der Waals surface area contributed by atoms with Crippen molar-refractivity contribution < 1.29 is 18.7 Å². The molecule has 1 N–H and O–H groups in total. The van der Waals surface area contributed by atoms with Gasteiger partial charge in [0.05, 0.1) is 17.9 Å². The summed E-state index contributed by atoms with van der Waals surface area (Å²) in [6.07, 6.45) is 0.627. The van der Waals surface area contributed by atoms with Crippen molar-refractivity contribution in [2.45, 2.75) is 6.42 Å². The Labute approximate surface area is 120 Å². The van der Waals surface area contributed by atoms with Gasteiger partial charge in [-0.25, -0.2) is 4.39 Å². The van der Waals surface area contributed by atoms with Gasteiger partial charge in [0, 0.05) is 6.42 Å². The number of anilines is 1. The first-order valence-corrected chi connectivity index (χ1v) is 6.50. The van der Waals surface area contributed by atoms with Gasteiger partial charge in [-0.1, -0.05) is 12.1 Å². The third-order valence-electron chi connectivity index (χ3n) is 3.26. The number of benzene rings is 2. The fraction of sp³-hybridized carbons (Fsp3) is 0.125. The van der Waals surface area contributed by atoms with Crippen LogP contribution < -0.4 is 10.1 Å². The zero-order chi connectivity index (χ0) is 14.8. The average molecular weight is 285 g/mol. The van der Waals surface area contributed by atoms with Gasteiger partial charge in [-0.2, -0.15) is 0 Å². The minimum absolute atomic E-state index is 0.269. The number of Topliss-reactive ketones (excluding diaryl/α,β-unsaturated/α-hetero) is 1. The number of nitrogens with one attached hydrogen (secondary N) is 1. The minimum atomic E-state index is -0.617. The van der Waals surface area contributed by atoms with Crippen molar-refractivity contribution >= 4 is 17.4 Å². The summed E-state index contributed by atoms with van der Waals surface area (Å²) in [6, 6.07) is 11.1. The van der Waals surface area contributed by atoms with E-state index in [1.54, 1.807) is 30.3 Å². The third-order valence-corrected chi connectivity index (χ3v) is 3.26. The molecule has 0 atom stereocenters. The van der Waals surface area contributed by atoms with Crippen LogP contribution in [0, 0.1) is 5.82 Å². The minimum Gasteiger partial charge on any atom is -0.493 e. The van der Waals surface area contributed by atoms with Crippen LogP contribution in [0.25, 0.3) is 0 Å². The monoisotopic (exact) mass is 285 g/mol. The summed E-state index contributed by atoms with van der Waals surface area (Å²) in [5.41, 5.74) is 1.81. The molecule has 0 aliphatic carbocycles. The van der Waals surface area contributed by atoms with E-state index in [1.807, 2.05) is 0 Å². The predicted octanol–water partition coefficient (Wildman–Crippen LogP) is 2.58. The molecule has 0 fully saturated rings. The van der Waals surface area contributed by atoms with Crippen molar-refractivity contribution in [2.75, 3.05) is 11.9 Å². The zero-order valence-corrected chi connectivity index (χ0v) is 11.1. The Morgan fingerprint density at radius 2 is 1.81 bits per heavy atom. The fourth-order valence-electron chi connectivity index (χ4n) is 2.15. The number of amides is 1. The summed E-state index contributed by atoms with van der Waals surface area (Å²) < 4.78 is 18.3. The van der Waals surface area contributed by atoms with Gasteiger partial charge in [-0.05, 0) is 35.9 Å². The Bertz CT molecular complexity index is 710. The van der Waals surface area contributed by atoms with E-state index in [1.165, 1.54) is 12.1 Å². The summed E-state index contributed by atoms with van der Waals surface area (Å²) in [5.74, 6) is -0.905. The van der Waals surface area contributed by atoms with Crippen LogP contribution in [0.4, 0.5) is 10.1 Å². The maximum absolute atomic E-state index is 12.8. The van der Waals surface area contributed by atoms with Crippen molar-refractivity contribution in [1.29, 1.82) is 0 Å². The second-order valence-electron chi connectivity index (χ2n) is 4.72. The molecule has 1 aliphatic heterocycles. The van der Waals surface area contributed by atoms with Gasteiger partial charge in [-0.3, -0.25) is 9.59 Å². The molecule has 1 heterocycles. The lowest BCUT2D eigenvalue weighted by atomic mass is 10.1. The molecular weight excluding hydrogens is 273 g/mol. The van der Waals surface area contributed by atoms with Gasteiger partial charge in [0.1, 0.15) is 11.6 Å². The van der Waals surface area contributed by atoms with Crippen LogP contribution in [0.5, 0.6) is 5.75 Å². The van der Waals surface area contributed by atoms with Gasteiger partial charge < -0.3 is 10.1 Å².